The Balaban J connectivity index is 2.20. The number of rotatable bonds is 2. The van der Waals surface area contributed by atoms with E-state index in [-0.39, 0.29) is 0 Å². The molecule has 0 bridgehead atoms. The third-order valence-electron chi connectivity index (χ3n) is 1.89. The van der Waals surface area contributed by atoms with Crippen LogP contribution < -0.4 is 0 Å². The summed E-state index contributed by atoms with van der Waals surface area (Å²) in [7, 11) is 0. The Bertz CT molecular complexity index is 381. The number of halogens is 1. The first-order valence-electron chi connectivity index (χ1n) is 4.08. The van der Waals surface area contributed by atoms with Gasteiger partial charge in [-0.1, -0.05) is 30.3 Å². The number of nitrogens with zero attached hydrogens (tertiary/aromatic N) is 1. The Morgan fingerprint density at radius 1 is 1.23 bits per heavy atom. The zero-order valence-corrected chi connectivity index (χ0v) is 8.58. The SMILES string of the molecule is Brc1nc[nH]c1Cc1ccccc1. The molecule has 0 saturated carbocycles. The lowest BCUT2D eigenvalue weighted by atomic mass is 10.1. The molecule has 0 amide bonds. The number of nitrogens with one attached hydrogen (secondary N) is 1. The Hall–Kier alpha value is -1.09. The van der Waals surface area contributed by atoms with Gasteiger partial charge in [-0.15, -0.1) is 0 Å². The summed E-state index contributed by atoms with van der Waals surface area (Å²) in [6, 6.07) is 10.3. The first-order valence-corrected chi connectivity index (χ1v) is 4.87. The number of hydrogen-bond acceptors (Lipinski definition) is 1. The highest BCUT2D eigenvalue weighted by atomic mass is 79.9. The van der Waals surface area contributed by atoms with Gasteiger partial charge in [0, 0.05) is 6.42 Å². The summed E-state index contributed by atoms with van der Waals surface area (Å²) < 4.78 is 0.899. The Morgan fingerprint density at radius 2 is 2.00 bits per heavy atom. The van der Waals surface area contributed by atoms with Crippen molar-refractivity contribution in [2.75, 3.05) is 0 Å². The van der Waals surface area contributed by atoms with Gasteiger partial charge in [0.1, 0.15) is 4.60 Å². The van der Waals surface area contributed by atoms with E-state index in [1.54, 1.807) is 6.33 Å². The van der Waals surface area contributed by atoms with Crippen LogP contribution in [0.4, 0.5) is 0 Å². The average molecular weight is 237 g/mol. The molecular formula is C10H9BrN2. The minimum absolute atomic E-state index is 0.890. The molecule has 0 saturated heterocycles. The highest BCUT2D eigenvalue weighted by Crippen LogP contribution is 2.14. The van der Waals surface area contributed by atoms with Crippen LogP contribution in [0.2, 0.25) is 0 Å². The quantitative estimate of drug-likeness (QED) is 0.854. The van der Waals surface area contributed by atoms with Gasteiger partial charge in [-0.2, -0.15) is 0 Å². The molecule has 3 heteroatoms. The van der Waals surface area contributed by atoms with E-state index in [1.807, 2.05) is 18.2 Å². The zero-order chi connectivity index (χ0) is 9.10. The predicted octanol–water partition coefficient (Wildman–Crippen LogP) is 2.76. The summed E-state index contributed by atoms with van der Waals surface area (Å²) >= 11 is 3.38. The third kappa shape index (κ3) is 1.98. The second-order valence-electron chi connectivity index (χ2n) is 2.83. The van der Waals surface area contributed by atoms with Gasteiger partial charge in [-0.3, -0.25) is 0 Å². The van der Waals surface area contributed by atoms with Crippen molar-refractivity contribution < 1.29 is 0 Å². The summed E-state index contributed by atoms with van der Waals surface area (Å²) in [6.07, 6.45) is 2.59. The molecule has 0 aliphatic heterocycles. The second-order valence-corrected chi connectivity index (χ2v) is 3.59. The number of H-pyrrole nitrogens is 1. The van der Waals surface area contributed by atoms with Gasteiger partial charge in [0.05, 0.1) is 12.0 Å². The molecule has 0 atom stereocenters. The first-order chi connectivity index (χ1) is 6.36. The number of benzene rings is 1. The lowest BCUT2D eigenvalue weighted by Crippen LogP contribution is -1.88. The van der Waals surface area contributed by atoms with E-state index >= 15 is 0 Å². The summed E-state index contributed by atoms with van der Waals surface area (Å²) in [5.41, 5.74) is 2.40. The van der Waals surface area contributed by atoms with Crippen LogP contribution in [0.3, 0.4) is 0 Å². The molecule has 0 aliphatic carbocycles. The maximum absolute atomic E-state index is 4.07. The fourth-order valence-electron chi connectivity index (χ4n) is 1.23. The average Bonchev–Trinajstić information content (AvgIpc) is 2.54. The van der Waals surface area contributed by atoms with Crippen molar-refractivity contribution in [1.29, 1.82) is 0 Å². The fourth-order valence-corrected chi connectivity index (χ4v) is 1.59. The largest absolute Gasteiger partial charge is 0.347 e. The van der Waals surface area contributed by atoms with Crippen LogP contribution in [-0.4, -0.2) is 9.97 Å². The van der Waals surface area contributed by atoms with Crippen molar-refractivity contribution in [1.82, 2.24) is 9.97 Å². The molecule has 2 nitrogen and oxygen atoms in total. The van der Waals surface area contributed by atoms with Crippen LogP contribution in [-0.2, 0) is 6.42 Å². The molecule has 1 heterocycles. The molecule has 1 aromatic heterocycles. The smallest absolute Gasteiger partial charge is 0.127 e. The third-order valence-corrected chi connectivity index (χ3v) is 2.57. The maximum atomic E-state index is 4.07. The lowest BCUT2D eigenvalue weighted by Gasteiger charge is -1.98. The Labute approximate surface area is 85.1 Å². The van der Waals surface area contributed by atoms with E-state index in [0.717, 1.165) is 16.7 Å². The molecule has 66 valence electrons. The summed E-state index contributed by atoms with van der Waals surface area (Å²) in [4.78, 5) is 7.17. The number of aromatic nitrogens is 2. The number of imidazole rings is 1. The van der Waals surface area contributed by atoms with E-state index in [4.69, 9.17) is 0 Å². The lowest BCUT2D eigenvalue weighted by molar-refractivity contribution is 1.10. The van der Waals surface area contributed by atoms with Crippen molar-refractivity contribution in [3.05, 3.63) is 52.5 Å². The summed E-state index contributed by atoms with van der Waals surface area (Å²) in [5.74, 6) is 0. The van der Waals surface area contributed by atoms with Crippen molar-refractivity contribution >= 4 is 15.9 Å². The molecule has 2 rings (SSSR count). The molecule has 13 heavy (non-hydrogen) atoms. The fraction of sp³-hybridized carbons (Fsp3) is 0.100. The van der Waals surface area contributed by atoms with Crippen LogP contribution in [0, 0.1) is 0 Å². The first kappa shape index (κ1) is 8.51. The van der Waals surface area contributed by atoms with Gasteiger partial charge in [-0.05, 0) is 21.5 Å². The highest BCUT2D eigenvalue weighted by Gasteiger charge is 2.01. The molecule has 0 fully saturated rings. The molecular weight excluding hydrogens is 228 g/mol. The number of aromatic amines is 1. The Morgan fingerprint density at radius 3 is 2.62 bits per heavy atom. The highest BCUT2D eigenvalue weighted by molar-refractivity contribution is 9.10. The number of hydrogen-bond donors (Lipinski definition) is 1. The molecule has 0 radical (unpaired) electrons. The van der Waals surface area contributed by atoms with Crippen molar-refractivity contribution in [3.63, 3.8) is 0 Å². The van der Waals surface area contributed by atoms with Gasteiger partial charge in [-0.25, -0.2) is 4.98 Å². The predicted molar refractivity (Wildman–Crippen MR) is 55.5 cm³/mol. The van der Waals surface area contributed by atoms with Gasteiger partial charge in [0.15, 0.2) is 0 Å². The minimum Gasteiger partial charge on any atom is -0.347 e. The standard InChI is InChI=1S/C10H9BrN2/c11-10-9(12-7-13-10)6-8-4-2-1-3-5-8/h1-5,7H,6H2,(H,12,13). The molecule has 0 aliphatic rings. The van der Waals surface area contributed by atoms with Crippen molar-refractivity contribution in [2.24, 2.45) is 0 Å². The minimum atomic E-state index is 0.890. The van der Waals surface area contributed by atoms with Crippen LogP contribution in [0.1, 0.15) is 11.3 Å². The van der Waals surface area contributed by atoms with Crippen LogP contribution in [0.15, 0.2) is 41.3 Å². The molecule has 1 aromatic carbocycles. The van der Waals surface area contributed by atoms with Gasteiger partial charge in [0.25, 0.3) is 0 Å². The molecule has 0 spiro atoms. The van der Waals surface area contributed by atoms with E-state index in [2.05, 4.69) is 38.0 Å². The van der Waals surface area contributed by atoms with Crippen LogP contribution >= 0.6 is 15.9 Å². The normalized spacial score (nSPS) is 10.2. The molecule has 0 unspecified atom stereocenters. The van der Waals surface area contributed by atoms with E-state index in [0.29, 0.717) is 0 Å². The maximum Gasteiger partial charge on any atom is 0.127 e. The second kappa shape index (κ2) is 3.75. The van der Waals surface area contributed by atoms with Gasteiger partial charge >= 0.3 is 0 Å². The van der Waals surface area contributed by atoms with Crippen LogP contribution in [0.5, 0.6) is 0 Å². The van der Waals surface area contributed by atoms with Gasteiger partial charge < -0.3 is 4.98 Å². The summed E-state index contributed by atoms with van der Waals surface area (Å²) in [5, 5.41) is 0. The Kier molecular flexibility index (Phi) is 2.45. The zero-order valence-electron chi connectivity index (χ0n) is 7.00. The van der Waals surface area contributed by atoms with Crippen molar-refractivity contribution in [3.8, 4) is 0 Å². The van der Waals surface area contributed by atoms with E-state index in [9.17, 15) is 0 Å². The van der Waals surface area contributed by atoms with E-state index < -0.39 is 0 Å². The van der Waals surface area contributed by atoms with Crippen molar-refractivity contribution in [2.45, 2.75) is 6.42 Å². The van der Waals surface area contributed by atoms with Gasteiger partial charge in [0.2, 0.25) is 0 Å². The monoisotopic (exact) mass is 236 g/mol. The topological polar surface area (TPSA) is 28.7 Å². The molecule has 2 aromatic rings. The summed E-state index contributed by atoms with van der Waals surface area (Å²) in [6.45, 7) is 0. The molecule has 1 N–H and O–H groups in total. The van der Waals surface area contributed by atoms with Crippen LogP contribution in [0.25, 0.3) is 0 Å². The van der Waals surface area contributed by atoms with E-state index in [1.165, 1.54) is 5.56 Å².